The normalized spacial score (nSPS) is 32.9. The van der Waals surface area contributed by atoms with E-state index < -0.39 is 34.0 Å². The third-order valence-electron chi connectivity index (χ3n) is 2.70. The number of aliphatic hydroxyl groups is 3. The Balaban J connectivity index is 2.35. The molecule has 1 aromatic heterocycles. The highest BCUT2D eigenvalue weighted by atomic mass is 32.2. The second kappa shape index (κ2) is 4.65. The van der Waals surface area contributed by atoms with Crippen molar-refractivity contribution in [2.75, 3.05) is 6.61 Å². The van der Waals surface area contributed by atoms with Gasteiger partial charge < -0.3 is 20.3 Å². The Bertz CT molecular complexity index is 513. The smallest absolute Gasteiger partial charge is 0.325 e. The van der Waals surface area contributed by atoms with Gasteiger partial charge in [-0.05, 0) is 0 Å². The van der Waals surface area contributed by atoms with Crippen LogP contribution in [0.3, 0.4) is 0 Å². The first-order chi connectivity index (χ1) is 8.04. The summed E-state index contributed by atoms with van der Waals surface area (Å²) in [5, 5.41) is 27.2. The molecule has 0 aromatic carbocycles. The second-order valence-corrected chi connectivity index (χ2v) is 5.17. The first-order valence-corrected chi connectivity index (χ1v) is 5.93. The third kappa shape index (κ3) is 2.16. The predicted octanol–water partition coefficient (Wildman–Crippen LogP) is -2.07. The lowest BCUT2D eigenvalue weighted by atomic mass is 10.0. The Morgan fingerprint density at radius 2 is 2.00 bits per heavy atom. The fourth-order valence-electron chi connectivity index (χ4n) is 1.79. The average Bonchev–Trinajstić information content (AvgIpc) is 2.57. The topological polar surface area (TPSA) is 126 Å². The third-order valence-corrected chi connectivity index (χ3v) is 4.30. The largest absolute Gasteiger partial charge is 0.395 e. The molecule has 2 rings (SSSR count). The summed E-state index contributed by atoms with van der Waals surface area (Å²) in [7, 11) is 0. The Labute approximate surface area is 99.5 Å². The second-order valence-electron chi connectivity index (χ2n) is 3.79. The quantitative estimate of drug-likeness (QED) is 0.416. The van der Waals surface area contributed by atoms with E-state index in [1.807, 2.05) is 4.98 Å². The summed E-state index contributed by atoms with van der Waals surface area (Å²) < 4.78 is 0. The van der Waals surface area contributed by atoms with E-state index in [-0.39, 0.29) is 12.2 Å². The summed E-state index contributed by atoms with van der Waals surface area (Å²) >= 11 is 1.11. The van der Waals surface area contributed by atoms with E-state index in [2.05, 4.69) is 4.98 Å². The maximum atomic E-state index is 11.5. The predicted molar refractivity (Wildman–Crippen MR) is 60.9 cm³/mol. The van der Waals surface area contributed by atoms with E-state index in [9.17, 15) is 19.8 Å². The number of thioether (sulfide) groups is 1. The number of aromatic nitrogens is 2. The molecule has 7 nitrogen and oxygen atoms in total. The number of aliphatic hydroxyl groups excluding tert-OH is 3. The van der Waals surface area contributed by atoms with Gasteiger partial charge in [-0.3, -0.25) is 9.78 Å². The molecule has 0 saturated carbocycles. The van der Waals surface area contributed by atoms with Crippen LogP contribution in [0, 0.1) is 0 Å². The van der Waals surface area contributed by atoms with Gasteiger partial charge >= 0.3 is 5.69 Å². The van der Waals surface area contributed by atoms with Gasteiger partial charge in [0.05, 0.1) is 29.3 Å². The Kier molecular flexibility index (Phi) is 3.38. The van der Waals surface area contributed by atoms with Crippen molar-refractivity contribution in [3.8, 4) is 0 Å². The van der Waals surface area contributed by atoms with Gasteiger partial charge in [0.25, 0.3) is 5.56 Å². The minimum atomic E-state index is -1.15. The molecule has 17 heavy (non-hydrogen) atoms. The molecule has 8 heteroatoms. The average molecular weight is 260 g/mol. The number of aromatic amines is 2. The van der Waals surface area contributed by atoms with Gasteiger partial charge in [0.15, 0.2) is 0 Å². The van der Waals surface area contributed by atoms with Crippen LogP contribution in [0.25, 0.3) is 0 Å². The molecule has 2 heterocycles. The van der Waals surface area contributed by atoms with Crippen molar-refractivity contribution in [1.82, 2.24) is 9.97 Å². The summed E-state index contributed by atoms with van der Waals surface area (Å²) in [5.74, 6) is 0. The van der Waals surface area contributed by atoms with Crippen LogP contribution in [0.5, 0.6) is 0 Å². The van der Waals surface area contributed by atoms with Crippen LogP contribution in [0.2, 0.25) is 0 Å². The molecule has 1 saturated heterocycles. The summed E-state index contributed by atoms with van der Waals surface area (Å²) in [6, 6.07) is 0. The van der Waals surface area contributed by atoms with Crippen LogP contribution in [-0.2, 0) is 0 Å². The van der Waals surface area contributed by atoms with Gasteiger partial charge in [-0.2, -0.15) is 0 Å². The summed E-state index contributed by atoms with van der Waals surface area (Å²) in [6.45, 7) is -0.291. The molecule has 4 atom stereocenters. The van der Waals surface area contributed by atoms with Crippen LogP contribution >= 0.6 is 11.8 Å². The number of H-pyrrole nitrogens is 2. The van der Waals surface area contributed by atoms with Gasteiger partial charge in [-0.25, -0.2) is 4.79 Å². The van der Waals surface area contributed by atoms with Crippen molar-refractivity contribution in [1.29, 1.82) is 0 Å². The van der Waals surface area contributed by atoms with Crippen molar-refractivity contribution >= 4 is 11.8 Å². The zero-order chi connectivity index (χ0) is 12.6. The molecule has 0 aliphatic carbocycles. The summed E-state index contributed by atoms with van der Waals surface area (Å²) in [4.78, 5) is 26.7. The molecular weight excluding hydrogens is 248 g/mol. The zero-order valence-corrected chi connectivity index (χ0v) is 9.48. The van der Waals surface area contributed by atoms with Crippen molar-refractivity contribution < 1.29 is 15.3 Å². The van der Waals surface area contributed by atoms with Crippen LogP contribution in [-0.4, -0.2) is 49.4 Å². The monoisotopic (exact) mass is 260 g/mol. The molecular formula is C9H12N2O5S. The van der Waals surface area contributed by atoms with Crippen LogP contribution < -0.4 is 11.2 Å². The molecule has 0 radical (unpaired) electrons. The number of nitrogens with one attached hydrogen (secondary N) is 2. The lowest BCUT2D eigenvalue weighted by Gasteiger charge is -2.14. The molecule has 94 valence electrons. The van der Waals surface area contributed by atoms with Gasteiger partial charge in [0, 0.05) is 11.8 Å². The van der Waals surface area contributed by atoms with Crippen molar-refractivity contribution in [2.45, 2.75) is 22.7 Å². The van der Waals surface area contributed by atoms with Gasteiger partial charge in [0.1, 0.15) is 0 Å². The van der Waals surface area contributed by atoms with Crippen LogP contribution in [0.1, 0.15) is 10.8 Å². The van der Waals surface area contributed by atoms with Crippen LogP contribution in [0.4, 0.5) is 0 Å². The Morgan fingerprint density at radius 3 is 2.53 bits per heavy atom. The van der Waals surface area contributed by atoms with Gasteiger partial charge in [-0.15, -0.1) is 11.8 Å². The van der Waals surface area contributed by atoms with E-state index in [1.165, 1.54) is 6.20 Å². The Morgan fingerprint density at radius 1 is 1.29 bits per heavy atom. The molecule has 1 aromatic rings. The summed E-state index contributed by atoms with van der Waals surface area (Å²) in [6.07, 6.45) is -1.03. The van der Waals surface area contributed by atoms with Crippen molar-refractivity contribution in [2.24, 2.45) is 0 Å². The summed E-state index contributed by atoms with van der Waals surface area (Å²) in [5.41, 5.74) is -1.05. The minimum absolute atomic E-state index is 0.178. The Hall–Kier alpha value is -1.09. The highest BCUT2D eigenvalue weighted by molar-refractivity contribution is 8.00. The molecule has 5 N–H and O–H groups in total. The van der Waals surface area contributed by atoms with E-state index in [0.29, 0.717) is 0 Å². The molecule has 1 aliphatic rings. The maximum absolute atomic E-state index is 11.5. The zero-order valence-electron chi connectivity index (χ0n) is 8.66. The molecule has 0 spiro atoms. The fourth-order valence-corrected chi connectivity index (χ4v) is 3.22. The van der Waals surface area contributed by atoms with Crippen molar-refractivity contribution in [3.63, 3.8) is 0 Å². The molecule has 0 bridgehead atoms. The van der Waals surface area contributed by atoms with E-state index in [0.717, 1.165) is 11.8 Å². The standard InChI is InChI=1S/C9H12N2O5S/c12-2-4-5(13)6(14)7(17-4)3-1-10-9(16)11-8(3)15/h1,4-7,12-14H,2H2,(H2,10,11,15,16)/t4-,5-,6-,7+/m1/s1. The van der Waals surface area contributed by atoms with Crippen molar-refractivity contribution in [3.05, 3.63) is 32.6 Å². The molecule has 1 fully saturated rings. The first-order valence-electron chi connectivity index (χ1n) is 4.99. The highest BCUT2D eigenvalue weighted by Gasteiger charge is 2.43. The van der Waals surface area contributed by atoms with E-state index >= 15 is 0 Å². The molecule has 0 unspecified atom stereocenters. The SMILES string of the molecule is O=c1[nH]cc([C@@H]2S[C@H](CO)[C@@H](O)[C@H]2O)c(=O)[nH]1. The molecule has 0 amide bonds. The van der Waals surface area contributed by atoms with Gasteiger partial charge in [0.2, 0.25) is 0 Å². The fraction of sp³-hybridized carbons (Fsp3) is 0.556. The number of hydrogen-bond acceptors (Lipinski definition) is 6. The van der Waals surface area contributed by atoms with E-state index in [1.54, 1.807) is 0 Å². The minimum Gasteiger partial charge on any atom is -0.395 e. The first kappa shape index (κ1) is 12.4. The number of hydrogen-bond donors (Lipinski definition) is 5. The highest BCUT2D eigenvalue weighted by Crippen LogP contribution is 2.43. The maximum Gasteiger partial charge on any atom is 0.325 e. The lowest BCUT2D eigenvalue weighted by molar-refractivity contribution is 0.0196. The van der Waals surface area contributed by atoms with Gasteiger partial charge in [-0.1, -0.05) is 0 Å². The molecule has 1 aliphatic heterocycles. The lowest BCUT2D eigenvalue weighted by Crippen LogP contribution is -2.33. The van der Waals surface area contributed by atoms with Crippen LogP contribution in [0.15, 0.2) is 15.8 Å². The number of rotatable bonds is 2. The van der Waals surface area contributed by atoms with E-state index in [4.69, 9.17) is 5.11 Å².